The first-order valence-corrected chi connectivity index (χ1v) is 12.2. The second-order valence-corrected chi connectivity index (χ2v) is 9.70. The normalized spacial score (nSPS) is 17.8. The van der Waals surface area contributed by atoms with Crippen LogP contribution in [0, 0.1) is 5.92 Å². The summed E-state index contributed by atoms with van der Waals surface area (Å²) in [7, 11) is -3.69. The summed E-state index contributed by atoms with van der Waals surface area (Å²) < 4.78 is 22.6. The Labute approximate surface area is 184 Å². The standard InChI is InChI=1S/C23H31N3O4S/c1-17(23(28)25-14-11-18-7-9-21(10-8-18)31(24,29)30)26-15-12-20(13-16-26)22(27)19-5-3-2-4-6-19/h2-10,17,20,22,27H,11-16H2,1H3,(H,25,28)(H2,24,29,30). The monoisotopic (exact) mass is 445 g/mol. The highest BCUT2D eigenvalue weighted by molar-refractivity contribution is 7.89. The van der Waals surface area contributed by atoms with Crippen LogP contribution in [-0.2, 0) is 21.2 Å². The smallest absolute Gasteiger partial charge is 0.238 e. The van der Waals surface area contributed by atoms with Crippen molar-refractivity contribution in [1.82, 2.24) is 10.2 Å². The highest BCUT2D eigenvalue weighted by Crippen LogP contribution is 2.31. The largest absolute Gasteiger partial charge is 0.388 e. The number of rotatable bonds is 8. The number of nitrogens with one attached hydrogen (secondary N) is 1. The number of aliphatic hydroxyl groups is 1. The molecule has 4 N–H and O–H groups in total. The minimum atomic E-state index is -3.69. The third-order valence-electron chi connectivity index (χ3n) is 6.05. The van der Waals surface area contributed by atoms with Gasteiger partial charge in [0.2, 0.25) is 15.9 Å². The fourth-order valence-electron chi connectivity index (χ4n) is 4.03. The molecular weight excluding hydrogens is 414 g/mol. The minimum Gasteiger partial charge on any atom is -0.388 e. The van der Waals surface area contributed by atoms with E-state index in [0.29, 0.717) is 13.0 Å². The number of benzene rings is 2. The summed E-state index contributed by atoms with van der Waals surface area (Å²) >= 11 is 0. The second-order valence-electron chi connectivity index (χ2n) is 8.13. The molecule has 0 spiro atoms. The van der Waals surface area contributed by atoms with Crippen molar-refractivity contribution in [2.75, 3.05) is 19.6 Å². The van der Waals surface area contributed by atoms with Crippen molar-refractivity contribution in [3.05, 3.63) is 65.7 Å². The zero-order chi connectivity index (χ0) is 22.4. The second kappa shape index (κ2) is 10.4. The molecule has 0 aliphatic carbocycles. The topological polar surface area (TPSA) is 113 Å². The lowest BCUT2D eigenvalue weighted by atomic mass is 9.87. The van der Waals surface area contributed by atoms with Crippen molar-refractivity contribution < 1.29 is 18.3 Å². The van der Waals surface area contributed by atoms with Gasteiger partial charge in [-0.05, 0) is 68.5 Å². The molecule has 1 fully saturated rings. The van der Waals surface area contributed by atoms with Crippen LogP contribution in [0.1, 0.15) is 37.0 Å². The minimum absolute atomic E-state index is 0.0248. The third-order valence-corrected chi connectivity index (χ3v) is 6.98. The molecule has 0 radical (unpaired) electrons. The number of nitrogens with zero attached hydrogens (tertiary/aromatic N) is 1. The molecule has 1 aliphatic heterocycles. The molecule has 3 rings (SSSR count). The Morgan fingerprint density at radius 1 is 1.13 bits per heavy atom. The van der Waals surface area contributed by atoms with Gasteiger partial charge in [0.1, 0.15) is 0 Å². The number of carbonyl (C=O) groups excluding carboxylic acids is 1. The molecule has 2 unspecified atom stereocenters. The summed E-state index contributed by atoms with van der Waals surface area (Å²) in [4.78, 5) is 14.8. The first-order chi connectivity index (χ1) is 14.8. The summed E-state index contributed by atoms with van der Waals surface area (Å²) in [5.41, 5.74) is 1.87. The van der Waals surface area contributed by atoms with E-state index in [-0.39, 0.29) is 22.8 Å². The zero-order valence-electron chi connectivity index (χ0n) is 17.8. The van der Waals surface area contributed by atoms with E-state index in [0.717, 1.165) is 37.1 Å². The molecular formula is C23H31N3O4S. The molecule has 31 heavy (non-hydrogen) atoms. The fourth-order valence-corrected chi connectivity index (χ4v) is 4.55. The third kappa shape index (κ3) is 6.36. The first kappa shape index (κ1) is 23.4. The lowest BCUT2D eigenvalue weighted by Gasteiger charge is -2.37. The number of sulfonamides is 1. The number of hydrogen-bond donors (Lipinski definition) is 3. The Morgan fingerprint density at radius 3 is 2.32 bits per heavy atom. The summed E-state index contributed by atoms with van der Waals surface area (Å²) in [6, 6.07) is 15.9. The predicted octanol–water partition coefficient (Wildman–Crippen LogP) is 1.83. The zero-order valence-corrected chi connectivity index (χ0v) is 18.6. The maximum Gasteiger partial charge on any atom is 0.238 e. The van der Waals surface area contributed by atoms with Gasteiger partial charge in [-0.1, -0.05) is 42.5 Å². The number of aliphatic hydroxyl groups excluding tert-OH is 1. The van der Waals surface area contributed by atoms with Gasteiger partial charge in [-0.25, -0.2) is 13.6 Å². The van der Waals surface area contributed by atoms with Crippen LogP contribution in [0.5, 0.6) is 0 Å². The molecule has 1 heterocycles. The van der Waals surface area contributed by atoms with Crippen LogP contribution in [0.2, 0.25) is 0 Å². The average molecular weight is 446 g/mol. The number of primary sulfonamides is 1. The van der Waals surface area contributed by atoms with E-state index < -0.39 is 16.1 Å². The van der Waals surface area contributed by atoms with Gasteiger partial charge in [-0.2, -0.15) is 0 Å². The van der Waals surface area contributed by atoms with Crippen LogP contribution in [0.3, 0.4) is 0 Å². The maximum atomic E-state index is 12.6. The number of hydrogen-bond acceptors (Lipinski definition) is 5. The Hall–Kier alpha value is -2.26. The van der Waals surface area contributed by atoms with Crippen LogP contribution < -0.4 is 10.5 Å². The fraction of sp³-hybridized carbons (Fsp3) is 0.435. The van der Waals surface area contributed by atoms with E-state index in [4.69, 9.17) is 5.14 Å². The SMILES string of the molecule is CC(C(=O)NCCc1ccc(S(N)(=O)=O)cc1)N1CCC(C(O)c2ccccc2)CC1. The predicted molar refractivity (Wildman–Crippen MR) is 120 cm³/mol. The van der Waals surface area contributed by atoms with Gasteiger partial charge < -0.3 is 10.4 Å². The summed E-state index contributed by atoms with van der Waals surface area (Å²) in [5.74, 6) is 0.178. The molecule has 8 heteroatoms. The Kier molecular flexibility index (Phi) is 7.83. The van der Waals surface area contributed by atoms with Crippen molar-refractivity contribution in [2.45, 2.75) is 43.2 Å². The summed E-state index contributed by atoms with van der Waals surface area (Å²) in [6.45, 7) is 3.93. The quantitative estimate of drug-likeness (QED) is 0.574. The van der Waals surface area contributed by atoms with Crippen molar-refractivity contribution in [3.8, 4) is 0 Å². The van der Waals surface area contributed by atoms with E-state index in [1.165, 1.54) is 12.1 Å². The van der Waals surface area contributed by atoms with Crippen LogP contribution >= 0.6 is 0 Å². The van der Waals surface area contributed by atoms with Gasteiger partial charge in [0.15, 0.2) is 0 Å². The van der Waals surface area contributed by atoms with Gasteiger partial charge in [0, 0.05) is 6.54 Å². The van der Waals surface area contributed by atoms with E-state index in [2.05, 4.69) is 10.2 Å². The average Bonchev–Trinajstić information content (AvgIpc) is 2.78. The van der Waals surface area contributed by atoms with Crippen LogP contribution in [0.4, 0.5) is 0 Å². The Balaban J connectivity index is 1.42. The Morgan fingerprint density at radius 2 is 1.74 bits per heavy atom. The van der Waals surface area contributed by atoms with Gasteiger partial charge in [-0.3, -0.25) is 9.69 Å². The lowest BCUT2D eigenvalue weighted by Crippen LogP contribution is -2.49. The molecule has 0 saturated carbocycles. The molecule has 2 atom stereocenters. The molecule has 2 aromatic rings. The molecule has 1 saturated heterocycles. The first-order valence-electron chi connectivity index (χ1n) is 10.6. The van der Waals surface area contributed by atoms with E-state index in [1.54, 1.807) is 12.1 Å². The van der Waals surface area contributed by atoms with Gasteiger partial charge in [0.25, 0.3) is 0 Å². The van der Waals surface area contributed by atoms with Gasteiger partial charge in [0.05, 0.1) is 17.0 Å². The van der Waals surface area contributed by atoms with Crippen molar-refractivity contribution in [2.24, 2.45) is 11.1 Å². The van der Waals surface area contributed by atoms with E-state index in [9.17, 15) is 18.3 Å². The maximum absolute atomic E-state index is 12.6. The van der Waals surface area contributed by atoms with Crippen LogP contribution in [0.15, 0.2) is 59.5 Å². The summed E-state index contributed by atoms with van der Waals surface area (Å²) in [6.07, 6.45) is 1.84. The van der Waals surface area contributed by atoms with Gasteiger partial charge in [-0.15, -0.1) is 0 Å². The number of likely N-dealkylation sites (tertiary alicyclic amines) is 1. The molecule has 1 amide bonds. The number of nitrogens with two attached hydrogens (primary N) is 1. The van der Waals surface area contributed by atoms with Crippen LogP contribution in [-0.4, -0.2) is 50.0 Å². The Bertz CT molecular complexity index is 956. The molecule has 0 bridgehead atoms. The summed E-state index contributed by atoms with van der Waals surface area (Å²) in [5, 5.41) is 18.7. The lowest BCUT2D eigenvalue weighted by molar-refractivity contribution is -0.126. The highest BCUT2D eigenvalue weighted by Gasteiger charge is 2.30. The van der Waals surface area contributed by atoms with Crippen molar-refractivity contribution in [1.29, 1.82) is 0 Å². The van der Waals surface area contributed by atoms with E-state index in [1.807, 2.05) is 37.3 Å². The number of amides is 1. The molecule has 1 aliphatic rings. The number of piperidine rings is 1. The molecule has 7 nitrogen and oxygen atoms in total. The van der Waals surface area contributed by atoms with E-state index >= 15 is 0 Å². The van der Waals surface area contributed by atoms with Crippen molar-refractivity contribution >= 4 is 15.9 Å². The highest BCUT2D eigenvalue weighted by atomic mass is 32.2. The van der Waals surface area contributed by atoms with Crippen LogP contribution in [0.25, 0.3) is 0 Å². The number of carbonyl (C=O) groups is 1. The van der Waals surface area contributed by atoms with Crippen molar-refractivity contribution in [3.63, 3.8) is 0 Å². The molecule has 168 valence electrons. The molecule has 0 aromatic heterocycles. The molecule has 2 aromatic carbocycles. The van der Waals surface area contributed by atoms with Gasteiger partial charge >= 0.3 is 0 Å².